The van der Waals surface area contributed by atoms with Crippen LogP contribution >= 0.6 is 15.9 Å². The highest BCUT2D eigenvalue weighted by atomic mass is 79.9. The van der Waals surface area contributed by atoms with Crippen molar-refractivity contribution in [2.45, 2.75) is 6.54 Å². The summed E-state index contributed by atoms with van der Waals surface area (Å²) in [5.41, 5.74) is 0.865. The Morgan fingerprint density at radius 3 is 2.93 bits per heavy atom. The number of pyridine rings is 1. The van der Waals surface area contributed by atoms with Gasteiger partial charge in [-0.05, 0) is 42.2 Å². The second kappa shape index (κ2) is 3.67. The van der Waals surface area contributed by atoms with E-state index in [1.807, 2.05) is 36.8 Å². The SMILES string of the molecule is CN(C)Cc1nnc2c(Br)cccn12. The quantitative estimate of drug-likeness (QED) is 0.816. The molecule has 0 bridgehead atoms. The van der Waals surface area contributed by atoms with E-state index < -0.39 is 0 Å². The number of aromatic nitrogens is 3. The van der Waals surface area contributed by atoms with Gasteiger partial charge in [-0.1, -0.05) is 0 Å². The summed E-state index contributed by atoms with van der Waals surface area (Å²) in [6.07, 6.45) is 1.97. The molecule has 0 unspecified atom stereocenters. The van der Waals surface area contributed by atoms with Gasteiger partial charge in [-0.2, -0.15) is 0 Å². The zero-order valence-electron chi connectivity index (χ0n) is 8.11. The molecule has 0 spiro atoms. The molecular weight excluding hydrogens is 244 g/mol. The molecule has 0 atom stereocenters. The molecule has 2 rings (SSSR count). The van der Waals surface area contributed by atoms with Gasteiger partial charge in [0.1, 0.15) is 0 Å². The minimum atomic E-state index is 0.789. The molecule has 2 aromatic heterocycles. The Hall–Kier alpha value is -0.940. The molecule has 0 radical (unpaired) electrons. The Kier molecular flexibility index (Phi) is 2.52. The molecule has 74 valence electrons. The highest BCUT2D eigenvalue weighted by molar-refractivity contribution is 9.10. The van der Waals surface area contributed by atoms with Crippen LogP contribution in [0.15, 0.2) is 22.8 Å². The molecular formula is C9H11BrN4. The monoisotopic (exact) mass is 254 g/mol. The van der Waals surface area contributed by atoms with Gasteiger partial charge in [0.05, 0.1) is 11.0 Å². The fraction of sp³-hybridized carbons (Fsp3) is 0.333. The Morgan fingerprint density at radius 1 is 1.43 bits per heavy atom. The van der Waals surface area contributed by atoms with Crippen molar-refractivity contribution in [3.8, 4) is 0 Å². The van der Waals surface area contributed by atoms with E-state index in [0.717, 1.165) is 22.5 Å². The summed E-state index contributed by atoms with van der Waals surface area (Å²) in [5.74, 6) is 0.950. The first kappa shape index (κ1) is 9.61. The fourth-order valence-corrected chi connectivity index (χ4v) is 1.74. The van der Waals surface area contributed by atoms with Gasteiger partial charge in [-0.15, -0.1) is 10.2 Å². The van der Waals surface area contributed by atoms with Crippen molar-refractivity contribution in [2.75, 3.05) is 14.1 Å². The van der Waals surface area contributed by atoms with E-state index >= 15 is 0 Å². The summed E-state index contributed by atoms with van der Waals surface area (Å²) in [6.45, 7) is 0.789. The summed E-state index contributed by atoms with van der Waals surface area (Å²) in [5, 5.41) is 8.25. The number of halogens is 1. The first-order valence-corrected chi connectivity index (χ1v) is 5.10. The predicted octanol–water partition coefficient (Wildman–Crippen LogP) is 1.55. The molecule has 0 N–H and O–H groups in total. The maximum atomic E-state index is 4.14. The van der Waals surface area contributed by atoms with Crippen molar-refractivity contribution in [3.05, 3.63) is 28.6 Å². The van der Waals surface area contributed by atoms with Crippen LogP contribution in [0.25, 0.3) is 5.65 Å². The maximum Gasteiger partial charge on any atom is 0.175 e. The van der Waals surface area contributed by atoms with Gasteiger partial charge in [0.2, 0.25) is 0 Å². The van der Waals surface area contributed by atoms with Gasteiger partial charge >= 0.3 is 0 Å². The Bertz CT molecular complexity index is 449. The lowest BCUT2D eigenvalue weighted by Gasteiger charge is -2.07. The van der Waals surface area contributed by atoms with Crippen LogP contribution in [0, 0.1) is 0 Å². The number of hydrogen-bond acceptors (Lipinski definition) is 3. The summed E-state index contributed by atoms with van der Waals surface area (Å²) < 4.78 is 2.96. The van der Waals surface area contributed by atoms with E-state index in [9.17, 15) is 0 Å². The second-order valence-corrected chi connectivity index (χ2v) is 4.26. The van der Waals surface area contributed by atoms with Crippen molar-refractivity contribution >= 4 is 21.6 Å². The maximum absolute atomic E-state index is 4.14. The van der Waals surface area contributed by atoms with Crippen molar-refractivity contribution < 1.29 is 0 Å². The van der Waals surface area contributed by atoms with Crippen LogP contribution < -0.4 is 0 Å². The molecule has 0 saturated carbocycles. The lowest BCUT2D eigenvalue weighted by Crippen LogP contribution is -2.13. The molecule has 2 aromatic rings. The molecule has 0 saturated heterocycles. The highest BCUT2D eigenvalue weighted by Crippen LogP contribution is 2.16. The third-order valence-corrected chi connectivity index (χ3v) is 2.53. The van der Waals surface area contributed by atoms with Crippen molar-refractivity contribution in [1.29, 1.82) is 0 Å². The smallest absolute Gasteiger partial charge is 0.175 e. The Labute approximate surface area is 90.7 Å². The molecule has 0 aliphatic carbocycles. The fourth-order valence-electron chi connectivity index (χ4n) is 1.32. The van der Waals surface area contributed by atoms with E-state index in [-0.39, 0.29) is 0 Å². The van der Waals surface area contributed by atoms with Crippen LogP contribution in [-0.4, -0.2) is 33.6 Å². The van der Waals surface area contributed by atoms with Crippen molar-refractivity contribution in [1.82, 2.24) is 19.5 Å². The zero-order valence-corrected chi connectivity index (χ0v) is 9.69. The molecule has 0 amide bonds. The van der Waals surface area contributed by atoms with Gasteiger partial charge in [-0.25, -0.2) is 0 Å². The number of hydrogen-bond donors (Lipinski definition) is 0. The Balaban J connectivity index is 2.52. The molecule has 5 heteroatoms. The average molecular weight is 255 g/mol. The van der Waals surface area contributed by atoms with Gasteiger partial charge in [0.25, 0.3) is 0 Å². The van der Waals surface area contributed by atoms with Crippen LogP contribution in [-0.2, 0) is 6.54 Å². The number of nitrogens with zero attached hydrogens (tertiary/aromatic N) is 4. The summed E-state index contributed by atoms with van der Waals surface area (Å²) >= 11 is 3.44. The third kappa shape index (κ3) is 1.65. The van der Waals surface area contributed by atoms with Crippen LogP contribution in [0.4, 0.5) is 0 Å². The predicted molar refractivity (Wildman–Crippen MR) is 58.1 cm³/mol. The lowest BCUT2D eigenvalue weighted by atomic mass is 10.4. The minimum absolute atomic E-state index is 0.789. The first-order valence-electron chi connectivity index (χ1n) is 4.31. The van der Waals surface area contributed by atoms with Gasteiger partial charge < -0.3 is 4.90 Å². The molecule has 0 aromatic carbocycles. The summed E-state index contributed by atoms with van der Waals surface area (Å²) in [7, 11) is 4.03. The standard InChI is InChI=1S/C9H11BrN4/c1-13(2)6-8-11-12-9-7(10)4-3-5-14(8)9/h3-5H,6H2,1-2H3. The lowest BCUT2D eigenvalue weighted by molar-refractivity contribution is 0.388. The van der Waals surface area contributed by atoms with Crippen molar-refractivity contribution in [3.63, 3.8) is 0 Å². The average Bonchev–Trinajstić information content (AvgIpc) is 2.49. The molecule has 14 heavy (non-hydrogen) atoms. The third-order valence-electron chi connectivity index (χ3n) is 1.92. The summed E-state index contributed by atoms with van der Waals surface area (Å²) in [6, 6.07) is 3.93. The highest BCUT2D eigenvalue weighted by Gasteiger charge is 2.07. The van der Waals surface area contributed by atoms with Crippen molar-refractivity contribution in [2.24, 2.45) is 0 Å². The van der Waals surface area contributed by atoms with E-state index in [2.05, 4.69) is 31.0 Å². The van der Waals surface area contributed by atoms with Crippen LogP contribution in [0.5, 0.6) is 0 Å². The van der Waals surface area contributed by atoms with Crippen LogP contribution in [0.1, 0.15) is 5.82 Å². The van der Waals surface area contributed by atoms with Gasteiger partial charge in [0, 0.05) is 6.20 Å². The van der Waals surface area contributed by atoms with E-state index in [4.69, 9.17) is 0 Å². The first-order chi connectivity index (χ1) is 6.68. The van der Waals surface area contributed by atoms with Crippen LogP contribution in [0.3, 0.4) is 0 Å². The molecule has 2 heterocycles. The van der Waals surface area contributed by atoms with Crippen LogP contribution in [0.2, 0.25) is 0 Å². The Morgan fingerprint density at radius 2 is 2.21 bits per heavy atom. The molecule has 4 nitrogen and oxygen atoms in total. The molecule has 0 aliphatic heterocycles. The minimum Gasteiger partial charge on any atom is -0.302 e. The topological polar surface area (TPSA) is 33.4 Å². The zero-order chi connectivity index (χ0) is 10.1. The second-order valence-electron chi connectivity index (χ2n) is 3.40. The van der Waals surface area contributed by atoms with E-state index in [0.29, 0.717) is 0 Å². The normalized spacial score (nSPS) is 11.4. The number of rotatable bonds is 2. The van der Waals surface area contributed by atoms with E-state index in [1.165, 1.54) is 0 Å². The number of fused-ring (bicyclic) bond motifs is 1. The van der Waals surface area contributed by atoms with E-state index in [1.54, 1.807) is 0 Å². The molecule has 0 aliphatic rings. The summed E-state index contributed by atoms with van der Waals surface area (Å²) in [4.78, 5) is 2.07. The van der Waals surface area contributed by atoms with Gasteiger partial charge in [0.15, 0.2) is 11.5 Å². The van der Waals surface area contributed by atoms with Gasteiger partial charge in [-0.3, -0.25) is 4.40 Å². The molecule has 0 fully saturated rings. The largest absolute Gasteiger partial charge is 0.302 e.